The monoisotopic (exact) mass is 413 g/mol. The highest BCUT2D eigenvalue weighted by atomic mass is 35.5. The van der Waals surface area contributed by atoms with Crippen LogP contribution in [0.4, 0.5) is 0 Å². The Bertz CT molecular complexity index is 1500. The van der Waals surface area contributed by atoms with Gasteiger partial charge in [0.1, 0.15) is 5.58 Å². The molecule has 0 unspecified atom stereocenters. The number of para-hydroxylation sites is 1. The summed E-state index contributed by atoms with van der Waals surface area (Å²) in [6.45, 7) is 1.99. The number of halogens is 1. The lowest BCUT2D eigenvalue weighted by atomic mass is 10.1. The first-order valence-corrected chi connectivity index (χ1v) is 9.79. The van der Waals surface area contributed by atoms with Crippen LogP contribution in [0.25, 0.3) is 33.5 Å². The molecule has 0 bridgehead atoms. The van der Waals surface area contributed by atoms with Gasteiger partial charge in [0.15, 0.2) is 5.76 Å². The molecule has 0 fully saturated rings. The smallest absolute Gasteiger partial charge is 0.282 e. The van der Waals surface area contributed by atoms with Crippen molar-refractivity contribution in [1.82, 2.24) is 9.66 Å². The van der Waals surface area contributed by atoms with E-state index in [-0.39, 0.29) is 5.56 Å². The van der Waals surface area contributed by atoms with E-state index >= 15 is 0 Å². The predicted octanol–water partition coefficient (Wildman–Crippen LogP) is 5.65. The van der Waals surface area contributed by atoms with Crippen LogP contribution in [0.2, 0.25) is 5.02 Å². The molecule has 5 rings (SSSR count). The van der Waals surface area contributed by atoms with E-state index in [1.54, 1.807) is 30.5 Å². The van der Waals surface area contributed by atoms with Crippen LogP contribution < -0.4 is 5.56 Å². The average molecular weight is 414 g/mol. The summed E-state index contributed by atoms with van der Waals surface area (Å²) in [5.41, 5.74) is 2.95. The summed E-state index contributed by atoms with van der Waals surface area (Å²) in [4.78, 5) is 17.9. The van der Waals surface area contributed by atoms with Crippen molar-refractivity contribution < 1.29 is 4.42 Å². The van der Waals surface area contributed by atoms with Crippen molar-refractivity contribution in [1.29, 1.82) is 0 Å². The molecule has 0 atom stereocenters. The van der Waals surface area contributed by atoms with Crippen molar-refractivity contribution in [3.63, 3.8) is 0 Å². The maximum atomic E-state index is 13.2. The van der Waals surface area contributed by atoms with Gasteiger partial charge in [-0.1, -0.05) is 48.0 Å². The Morgan fingerprint density at radius 1 is 1.03 bits per heavy atom. The molecule has 0 saturated heterocycles. The Morgan fingerprint density at radius 3 is 2.70 bits per heavy atom. The number of nitrogens with zero attached hydrogens (tertiary/aromatic N) is 3. The first-order chi connectivity index (χ1) is 14.6. The minimum absolute atomic E-state index is 0.265. The number of furan rings is 1. The van der Waals surface area contributed by atoms with Crippen LogP contribution in [-0.4, -0.2) is 15.9 Å². The molecule has 3 aromatic carbocycles. The average Bonchev–Trinajstić information content (AvgIpc) is 3.17. The Morgan fingerprint density at radius 2 is 1.83 bits per heavy atom. The third kappa shape index (κ3) is 3.19. The van der Waals surface area contributed by atoms with Gasteiger partial charge in [-0.05, 0) is 54.4 Å². The highest BCUT2D eigenvalue weighted by molar-refractivity contribution is 6.31. The fourth-order valence-corrected chi connectivity index (χ4v) is 3.55. The molecule has 30 heavy (non-hydrogen) atoms. The zero-order valence-corrected chi connectivity index (χ0v) is 16.8. The van der Waals surface area contributed by atoms with Crippen LogP contribution in [0, 0.1) is 6.92 Å². The highest BCUT2D eigenvalue weighted by Gasteiger charge is 2.16. The van der Waals surface area contributed by atoms with Crippen molar-refractivity contribution in [2.75, 3.05) is 0 Å². The number of rotatable bonds is 3. The van der Waals surface area contributed by atoms with Crippen molar-refractivity contribution in [3.05, 3.63) is 99.3 Å². The van der Waals surface area contributed by atoms with E-state index in [0.717, 1.165) is 16.5 Å². The zero-order valence-electron chi connectivity index (χ0n) is 16.0. The van der Waals surface area contributed by atoms with Crippen LogP contribution in [-0.2, 0) is 0 Å². The van der Waals surface area contributed by atoms with Crippen molar-refractivity contribution >= 4 is 39.7 Å². The molecule has 0 radical (unpaired) electrons. The summed E-state index contributed by atoms with van der Waals surface area (Å²) in [7, 11) is 0. The zero-order chi connectivity index (χ0) is 20.7. The molecule has 146 valence electrons. The van der Waals surface area contributed by atoms with Gasteiger partial charge in [0.05, 0.1) is 17.1 Å². The van der Waals surface area contributed by atoms with Crippen molar-refractivity contribution in [2.45, 2.75) is 6.92 Å². The van der Waals surface area contributed by atoms with E-state index in [1.165, 1.54) is 4.68 Å². The van der Waals surface area contributed by atoms with E-state index in [4.69, 9.17) is 16.0 Å². The summed E-state index contributed by atoms with van der Waals surface area (Å²) >= 11 is 6.10. The molecule has 0 N–H and O–H groups in total. The quantitative estimate of drug-likeness (QED) is 0.359. The summed E-state index contributed by atoms with van der Waals surface area (Å²) in [5, 5.41) is 6.41. The van der Waals surface area contributed by atoms with Crippen LogP contribution in [0.3, 0.4) is 0 Å². The predicted molar refractivity (Wildman–Crippen MR) is 120 cm³/mol. The number of aryl methyl sites for hydroxylation is 1. The van der Waals surface area contributed by atoms with Gasteiger partial charge in [-0.15, -0.1) is 0 Å². The molecule has 0 amide bonds. The molecule has 0 saturated carbocycles. The van der Waals surface area contributed by atoms with E-state index < -0.39 is 0 Å². The number of fused-ring (bicyclic) bond motifs is 2. The third-order valence-electron chi connectivity index (χ3n) is 4.95. The number of aromatic nitrogens is 2. The number of hydrogen-bond acceptors (Lipinski definition) is 4. The molecular formula is C24H16ClN3O2. The van der Waals surface area contributed by atoms with Gasteiger partial charge < -0.3 is 4.42 Å². The summed E-state index contributed by atoms with van der Waals surface area (Å²) in [5.74, 6) is 0.771. The second kappa shape index (κ2) is 7.28. The third-order valence-corrected chi connectivity index (χ3v) is 5.19. The lowest BCUT2D eigenvalue weighted by molar-refractivity contribution is 0.616. The number of benzene rings is 3. The Kier molecular flexibility index (Phi) is 4.45. The molecular weight excluding hydrogens is 398 g/mol. The maximum absolute atomic E-state index is 13.2. The van der Waals surface area contributed by atoms with Crippen LogP contribution in [0.15, 0.2) is 87.1 Å². The van der Waals surface area contributed by atoms with E-state index in [0.29, 0.717) is 33.1 Å². The molecule has 2 heterocycles. The maximum Gasteiger partial charge on any atom is 0.282 e. The first kappa shape index (κ1) is 18.3. The van der Waals surface area contributed by atoms with Crippen LogP contribution in [0.1, 0.15) is 11.1 Å². The lowest BCUT2D eigenvalue weighted by Gasteiger charge is -2.07. The minimum atomic E-state index is -0.265. The van der Waals surface area contributed by atoms with Gasteiger partial charge in [0.2, 0.25) is 5.82 Å². The van der Waals surface area contributed by atoms with Gasteiger partial charge in [-0.3, -0.25) is 4.79 Å². The van der Waals surface area contributed by atoms with Gasteiger partial charge in [-0.2, -0.15) is 9.78 Å². The van der Waals surface area contributed by atoms with E-state index in [1.807, 2.05) is 55.5 Å². The largest absolute Gasteiger partial charge is 0.453 e. The first-order valence-electron chi connectivity index (χ1n) is 9.41. The molecule has 6 heteroatoms. The minimum Gasteiger partial charge on any atom is -0.453 e. The summed E-state index contributed by atoms with van der Waals surface area (Å²) in [6, 6.07) is 22.2. The fourth-order valence-electron chi connectivity index (χ4n) is 3.37. The Hall–Kier alpha value is -3.70. The van der Waals surface area contributed by atoms with Crippen LogP contribution in [0.5, 0.6) is 0 Å². The molecule has 0 aliphatic rings. The standard InChI is InChI=1S/C24H16ClN3O2/c1-15-6-2-3-7-16(15)14-26-28-23(27-20-9-5-4-8-19(20)24(28)29)22-13-17-12-18(25)10-11-21(17)30-22/h2-14H,1H3. The van der Waals surface area contributed by atoms with Gasteiger partial charge in [-0.25, -0.2) is 4.98 Å². The normalized spacial score (nSPS) is 11.7. The van der Waals surface area contributed by atoms with E-state index in [2.05, 4.69) is 10.1 Å². The van der Waals surface area contributed by atoms with E-state index in [9.17, 15) is 4.79 Å². The fraction of sp³-hybridized carbons (Fsp3) is 0.0417. The second-order valence-corrected chi connectivity index (χ2v) is 7.40. The van der Waals surface area contributed by atoms with Crippen molar-refractivity contribution in [3.8, 4) is 11.6 Å². The lowest BCUT2D eigenvalue weighted by Crippen LogP contribution is -2.20. The Labute approximate surface area is 176 Å². The second-order valence-electron chi connectivity index (χ2n) is 6.96. The van der Waals surface area contributed by atoms with Crippen LogP contribution >= 0.6 is 11.6 Å². The number of hydrogen-bond donors (Lipinski definition) is 0. The molecule has 5 aromatic rings. The summed E-state index contributed by atoms with van der Waals surface area (Å²) < 4.78 is 7.26. The topological polar surface area (TPSA) is 60.4 Å². The van der Waals surface area contributed by atoms with Gasteiger partial charge in [0.25, 0.3) is 5.56 Å². The summed E-state index contributed by atoms with van der Waals surface area (Å²) in [6.07, 6.45) is 1.66. The molecule has 0 spiro atoms. The molecule has 0 aliphatic carbocycles. The van der Waals surface area contributed by atoms with Gasteiger partial charge >= 0.3 is 0 Å². The Balaban J connectivity index is 1.76. The SMILES string of the molecule is Cc1ccccc1C=Nn1c(-c2cc3cc(Cl)ccc3o2)nc2ccccc2c1=O. The molecule has 0 aliphatic heterocycles. The molecule has 5 nitrogen and oxygen atoms in total. The molecule has 2 aromatic heterocycles. The highest BCUT2D eigenvalue weighted by Crippen LogP contribution is 2.29. The van der Waals surface area contributed by atoms with Gasteiger partial charge in [0, 0.05) is 10.4 Å². The van der Waals surface area contributed by atoms with Crippen molar-refractivity contribution in [2.24, 2.45) is 5.10 Å².